The Morgan fingerprint density at radius 1 is 0.806 bits per heavy atom. The number of rotatable bonds is 11. The Balaban J connectivity index is 1.63. The van der Waals surface area contributed by atoms with Crippen molar-refractivity contribution < 1.29 is 4.74 Å². The first-order valence-corrected chi connectivity index (χ1v) is 12.7. The van der Waals surface area contributed by atoms with Gasteiger partial charge in [0.1, 0.15) is 5.75 Å². The van der Waals surface area contributed by atoms with Gasteiger partial charge in [0.2, 0.25) is 0 Å². The number of hydrogen-bond donors (Lipinski definition) is 0. The molecule has 168 valence electrons. The van der Waals surface area contributed by atoms with Crippen molar-refractivity contribution in [3.05, 3.63) is 42.0 Å². The molecular formula is C30H42O. The first-order valence-electron chi connectivity index (χ1n) is 12.7. The largest absolute Gasteiger partial charge is 0.494 e. The average Bonchev–Trinajstić information content (AvgIpc) is 2.80. The van der Waals surface area contributed by atoms with Crippen LogP contribution < -0.4 is 4.74 Å². The monoisotopic (exact) mass is 418 g/mol. The van der Waals surface area contributed by atoms with Crippen molar-refractivity contribution in [3.63, 3.8) is 0 Å². The maximum absolute atomic E-state index is 5.78. The minimum Gasteiger partial charge on any atom is -0.494 e. The summed E-state index contributed by atoms with van der Waals surface area (Å²) in [6, 6.07) is 8.06. The van der Waals surface area contributed by atoms with Crippen LogP contribution >= 0.6 is 0 Å². The van der Waals surface area contributed by atoms with Crippen molar-refractivity contribution in [1.29, 1.82) is 0 Å². The molecule has 0 saturated heterocycles. The molecule has 0 N–H and O–H groups in total. The second-order valence-corrected chi connectivity index (χ2v) is 8.89. The van der Waals surface area contributed by atoms with Gasteiger partial charge in [0.05, 0.1) is 6.61 Å². The molecule has 0 spiro atoms. The summed E-state index contributed by atoms with van der Waals surface area (Å²) in [5.74, 6) is 15.4. The van der Waals surface area contributed by atoms with E-state index in [1.807, 2.05) is 36.4 Å². The van der Waals surface area contributed by atoms with Gasteiger partial charge >= 0.3 is 0 Å². The van der Waals surface area contributed by atoms with E-state index in [2.05, 4.69) is 37.5 Å². The summed E-state index contributed by atoms with van der Waals surface area (Å²) in [7, 11) is 0. The number of benzene rings is 1. The van der Waals surface area contributed by atoms with Crippen LogP contribution in [0.15, 0.2) is 36.4 Å². The smallest absolute Gasteiger partial charge is 0.119 e. The van der Waals surface area contributed by atoms with Crippen LogP contribution in [0.3, 0.4) is 0 Å². The molecule has 0 radical (unpaired) electrons. The zero-order valence-corrected chi connectivity index (χ0v) is 19.9. The van der Waals surface area contributed by atoms with Crippen LogP contribution in [0.25, 0.3) is 0 Å². The van der Waals surface area contributed by atoms with Crippen LogP contribution in [-0.4, -0.2) is 6.61 Å². The fourth-order valence-corrected chi connectivity index (χ4v) is 4.18. The quantitative estimate of drug-likeness (QED) is 0.259. The predicted molar refractivity (Wildman–Crippen MR) is 134 cm³/mol. The molecule has 2 rings (SSSR count). The Morgan fingerprint density at radius 3 is 2.19 bits per heavy atom. The molecule has 1 aliphatic carbocycles. The lowest BCUT2D eigenvalue weighted by Crippen LogP contribution is -2.13. The third kappa shape index (κ3) is 11.7. The lowest BCUT2D eigenvalue weighted by molar-refractivity contribution is 0.294. The van der Waals surface area contributed by atoms with Crippen LogP contribution in [-0.2, 0) is 0 Å². The Hall–Kier alpha value is -2.12. The van der Waals surface area contributed by atoms with Gasteiger partial charge < -0.3 is 4.74 Å². The molecule has 1 fully saturated rings. The molecule has 0 heterocycles. The van der Waals surface area contributed by atoms with E-state index < -0.39 is 0 Å². The van der Waals surface area contributed by atoms with Gasteiger partial charge in [0, 0.05) is 11.5 Å². The highest BCUT2D eigenvalue weighted by Crippen LogP contribution is 2.31. The van der Waals surface area contributed by atoms with E-state index in [-0.39, 0.29) is 0 Å². The van der Waals surface area contributed by atoms with E-state index in [4.69, 9.17) is 4.74 Å². The molecule has 1 heteroatoms. The molecule has 0 bridgehead atoms. The fraction of sp³-hybridized carbons (Fsp3) is 0.600. The summed E-state index contributed by atoms with van der Waals surface area (Å²) < 4.78 is 5.78. The fourth-order valence-electron chi connectivity index (χ4n) is 4.18. The van der Waals surface area contributed by atoms with Gasteiger partial charge in [0.15, 0.2) is 0 Å². The number of hydrogen-bond acceptors (Lipinski definition) is 1. The Bertz CT molecular complexity index is 727. The van der Waals surface area contributed by atoms with Crippen molar-refractivity contribution >= 4 is 0 Å². The Kier molecular flexibility index (Phi) is 13.4. The normalized spacial score (nSPS) is 18.1. The third-order valence-electron chi connectivity index (χ3n) is 6.19. The summed E-state index contributed by atoms with van der Waals surface area (Å²) in [6.45, 7) is 5.31. The summed E-state index contributed by atoms with van der Waals surface area (Å²) in [5, 5.41) is 0. The van der Waals surface area contributed by atoms with Crippen molar-refractivity contribution in [1.82, 2.24) is 0 Å². The molecular weight excluding hydrogens is 376 g/mol. The predicted octanol–water partition coefficient (Wildman–Crippen LogP) is 8.33. The zero-order valence-electron chi connectivity index (χ0n) is 19.9. The highest BCUT2D eigenvalue weighted by molar-refractivity contribution is 5.40. The topological polar surface area (TPSA) is 9.23 Å². The van der Waals surface area contributed by atoms with Crippen LogP contribution in [0, 0.1) is 35.5 Å². The summed E-state index contributed by atoms with van der Waals surface area (Å²) in [5.41, 5.74) is 1.01. The molecule has 1 nitrogen and oxygen atoms in total. The van der Waals surface area contributed by atoms with Gasteiger partial charge in [-0.2, -0.15) is 0 Å². The van der Waals surface area contributed by atoms with Gasteiger partial charge in [0.25, 0.3) is 0 Å². The molecule has 1 aromatic rings. The van der Waals surface area contributed by atoms with Crippen LogP contribution in [0.5, 0.6) is 5.75 Å². The Morgan fingerprint density at radius 2 is 1.48 bits per heavy atom. The van der Waals surface area contributed by atoms with E-state index in [0.29, 0.717) is 5.92 Å². The lowest BCUT2D eigenvalue weighted by Gasteiger charge is -2.25. The van der Waals surface area contributed by atoms with Crippen molar-refractivity contribution in [3.8, 4) is 29.4 Å². The van der Waals surface area contributed by atoms with E-state index >= 15 is 0 Å². The third-order valence-corrected chi connectivity index (χ3v) is 6.19. The molecule has 0 aromatic heterocycles. The van der Waals surface area contributed by atoms with E-state index in [1.54, 1.807) is 0 Å². The number of unbranched alkanes of at least 4 members (excludes halogenated alkanes) is 6. The van der Waals surface area contributed by atoms with E-state index in [1.165, 1.54) is 77.0 Å². The summed E-state index contributed by atoms with van der Waals surface area (Å²) in [6.07, 6.45) is 21.0. The van der Waals surface area contributed by atoms with Gasteiger partial charge in [-0.3, -0.25) is 0 Å². The molecule has 1 saturated carbocycles. The van der Waals surface area contributed by atoms with Gasteiger partial charge in [-0.25, -0.2) is 0 Å². The molecule has 0 unspecified atom stereocenters. The van der Waals surface area contributed by atoms with Crippen LogP contribution in [0.4, 0.5) is 0 Å². The zero-order chi connectivity index (χ0) is 22.0. The lowest BCUT2D eigenvalue weighted by atomic mass is 9.80. The second-order valence-electron chi connectivity index (χ2n) is 8.89. The molecule has 31 heavy (non-hydrogen) atoms. The van der Waals surface area contributed by atoms with E-state index in [0.717, 1.165) is 30.3 Å². The second kappa shape index (κ2) is 16.6. The summed E-state index contributed by atoms with van der Waals surface area (Å²) >= 11 is 0. The standard InChI is InChI=1S/C30H42O/c1-3-5-7-11-15-27-18-20-28(21-19-27)16-12-9-10-13-17-29-22-24-30(25-23-29)31-26-14-8-6-4-2/h9-10,22-25,27-28H,3-8,11,14-15,18-21,26H2,1-2H3. The van der Waals surface area contributed by atoms with Crippen LogP contribution in [0.1, 0.15) is 103 Å². The van der Waals surface area contributed by atoms with Gasteiger partial charge in [-0.1, -0.05) is 88.9 Å². The van der Waals surface area contributed by atoms with Crippen molar-refractivity contribution in [2.75, 3.05) is 6.61 Å². The van der Waals surface area contributed by atoms with Gasteiger partial charge in [-0.15, -0.1) is 0 Å². The SMILES string of the molecule is CCCCCCOc1ccc(C#CC=CC#CC2CCC(CCCCCC)CC2)cc1. The molecule has 0 atom stereocenters. The maximum atomic E-state index is 5.78. The minimum atomic E-state index is 0.582. The number of ether oxygens (including phenoxy) is 1. The molecule has 1 aliphatic rings. The van der Waals surface area contributed by atoms with Crippen molar-refractivity contribution in [2.24, 2.45) is 11.8 Å². The Labute approximate surface area is 192 Å². The number of allylic oxidation sites excluding steroid dienone is 2. The molecule has 0 amide bonds. The van der Waals surface area contributed by atoms with Crippen LogP contribution in [0.2, 0.25) is 0 Å². The highest BCUT2D eigenvalue weighted by Gasteiger charge is 2.19. The first kappa shape index (κ1) is 25.1. The van der Waals surface area contributed by atoms with E-state index in [9.17, 15) is 0 Å². The maximum Gasteiger partial charge on any atom is 0.119 e. The van der Waals surface area contributed by atoms with Crippen molar-refractivity contribution in [2.45, 2.75) is 97.3 Å². The average molecular weight is 419 g/mol. The van der Waals surface area contributed by atoms with Gasteiger partial charge in [-0.05, 0) is 74.4 Å². The first-order chi connectivity index (χ1) is 15.3. The molecule has 0 aliphatic heterocycles. The highest BCUT2D eigenvalue weighted by atomic mass is 16.5. The minimum absolute atomic E-state index is 0.582. The summed E-state index contributed by atoms with van der Waals surface area (Å²) in [4.78, 5) is 0. The molecule has 1 aromatic carbocycles.